The molecular formula is C13H13F4NO4. The SMILES string of the molecule is O=C(Cc1cccc(OCC(F)(F)F)c1)NC(CF)C(=O)O. The van der Waals surface area contributed by atoms with E-state index in [0.29, 0.717) is 5.56 Å². The maximum absolute atomic E-state index is 12.4. The molecule has 5 nitrogen and oxygen atoms in total. The zero-order chi connectivity index (χ0) is 16.8. The van der Waals surface area contributed by atoms with Crippen molar-refractivity contribution in [1.82, 2.24) is 5.32 Å². The van der Waals surface area contributed by atoms with Crippen LogP contribution in [0.2, 0.25) is 0 Å². The molecule has 0 fully saturated rings. The van der Waals surface area contributed by atoms with Gasteiger partial charge in [0.25, 0.3) is 0 Å². The fourth-order valence-corrected chi connectivity index (χ4v) is 1.51. The average molecular weight is 323 g/mol. The van der Waals surface area contributed by atoms with Gasteiger partial charge in [-0.3, -0.25) is 4.79 Å². The Morgan fingerprint density at radius 2 is 2.00 bits per heavy atom. The second kappa shape index (κ2) is 7.62. The summed E-state index contributed by atoms with van der Waals surface area (Å²) in [6, 6.07) is 3.69. The van der Waals surface area contributed by atoms with E-state index in [4.69, 9.17) is 5.11 Å². The summed E-state index contributed by atoms with van der Waals surface area (Å²) in [5.74, 6) is -2.36. The minimum Gasteiger partial charge on any atom is -0.484 e. The van der Waals surface area contributed by atoms with E-state index in [0.717, 1.165) is 0 Å². The van der Waals surface area contributed by atoms with Crippen LogP contribution in [0.25, 0.3) is 0 Å². The number of carboxylic acid groups (broad SMARTS) is 1. The van der Waals surface area contributed by atoms with Crippen LogP contribution in [-0.4, -0.2) is 42.5 Å². The molecule has 0 aliphatic rings. The number of halogens is 4. The maximum atomic E-state index is 12.4. The van der Waals surface area contributed by atoms with E-state index in [2.05, 4.69) is 4.74 Å². The first kappa shape index (κ1) is 17.7. The van der Waals surface area contributed by atoms with Crippen LogP contribution in [0.1, 0.15) is 5.56 Å². The van der Waals surface area contributed by atoms with Crippen molar-refractivity contribution in [3.05, 3.63) is 29.8 Å². The van der Waals surface area contributed by atoms with Gasteiger partial charge >= 0.3 is 12.1 Å². The third-order valence-corrected chi connectivity index (χ3v) is 2.45. The number of amides is 1. The van der Waals surface area contributed by atoms with Crippen LogP contribution in [0.4, 0.5) is 17.6 Å². The van der Waals surface area contributed by atoms with Crippen molar-refractivity contribution in [1.29, 1.82) is 0 Å². The van der Waals surface area contributed by atoms with Crippen LogP contribution in [0.3, 0.4) is 0 Å². The number of ether oxygens (including phenoxy) is 1. The molecule has 2 N–H and O–H groups in total. The van der Waals surface area contributed by atoms with Gasteiger partial charge in [0.1, 0.15) is 12.4 Å². The molecule has 0 radical (unpaired) electrons. The molecule has 0 aliphatic carbocycles. The number of nitrogens with one attached hydrogen (secondary N) is 1. The fraction of sp³-hybridized carbons (Fsp3) is 0.385. The quantitative estimate of drug-likeness (QED) is 0.749. The van der Waals surface area contributed by atoms with Crippen molar-refractivity contribution < 1.29 is 37.0 Å². The Labute approximate surface area is 122 Å². The van der Waals surface area contributed by atoms with Crippen molar-refractivity contribution >= 4 is 11.9 Å². The molecule has 22 heavy (non-hydrogen) atoms. The molecule has 0 heterocycles. The van der Waals surface area contributed by atoms with Crippen molar-refractivity contribution in [2.24, 2.45) is 0 Å². The van der Waals surface area contributed by atoms with Crippen LogP contribution in [0.5, 0.6) is 5.75 Å². The number of hydrogen-bond donors (Lipinski definition) is 2. The number of hydrogen-bond acceptors (Lipinski definition) is 3. The fourth-order valence-electron chi connectivity index (χ4n) is 1.51. The molecule has 0 saturated heterocycles. The Morgan fingerprint density at radius 3 is 2.55 bits per heavy atom. The van der Waals surface area contributed by atoms with Crippen molar-refractivity contribution in [2.75, 3.05) is 13.3 Å². The molecule has 1 amide bonds. The summed E-state index contributed by atoms with van der Waals surface area (Å²) >= 11 is 0. The number of carboxylic acids is 1. The molecule has 1 aromatic rings. The lowest BCUT2D eigenvalue weighted by Gasteiger charge is -2.12. The number of benzene rings is 1. The van der Waals surface area contributed by atoms with Gasteiger partial charge in [-0.1, -0.05) is 12.1 Å². The lowest BCUT2D eigenvalue weighted by Crippen LogP contribution is -2.43. The average Bonchev–Trinajstić information content (AvgIpc) is 2.42. The smallest absolute Gasteiger partial charge is 0.422 e. The molecular weight excluding hydrogens is 310 g/mol. The molecule has 1 rings (SSSR count). The van der Waals surface area contributed by atoms with Gasteiger partial charge in [-0.15, -0.1) is 0 Å². The van der Waals surface area contributed by atoms with Gasteiger partial charge in [0.05, 0.1) is 6.42 Å². The highest BCUT2D eigenvalue weighted by Crippen LogP contribution is 2.19. The molecule has 0 saturated carbocycles. The highest BCUT2D eigenvalue weighted by atomic mass is 19.4. The van der Waals surface area contributed by atoms with E-state index in [9.17, 15) is 27.2 Å². The standard InChI is InChI=1S/C13H13F4NO4/c14-6-10(12(20)21)18-11(19)5-8-2-1-3-9(4-8)22-7-13(15,16)17/h1-4,10H,5-7H2,(H,18,19)(H,20,21). The summed E-state index contributed by atoms with van der Waals surface area (Å²) in [7, 11) is 0. The van der Waals surface area contributed by atoms with E-state index >= 15 is 0 Å². The van der Waals surface area contributed by atoms with Gasteiger partial charge in [0.2, 0.25) is 5.91 Å². The summed E-state index contributed by atoms with van der Waals surface area (Å²) < 4.78 is 53.0. The zero-order valence-electron chi connectivity index (χ0n) is 11.2. The lowest BCUT2D eigenvalue weighted by molar-refractivity contribution is -0.153. The first-order valence-electron chi connectivity index (χ1n) is 6.08. The van der Waals surface area contributed by atoms with Crippen LogP contribution >= 0.6 is 0 Å². The highest BCUT2D eigenvalue weighted by molar-refractivity contribution is 5.84. The topological polar surface area (TPSA) is 75.6 Å². The molecule has 122 valence electrons. The minimum absolute atomic E-state index is 0.0806. The first-order valence-corrected chi connectivity index (χ1v) is 6.08. The van der Waals surface area contributed by atoms with Gasteiger partial charge in [0, 0.05) is 0 Å². The Hall–Kier alpha value is -2.32. The van der Waals surface area contributed by atoms with Crippen LogP contribution < -0.4 is 10.1 Å². The largest absolute Gasteiger partial charge is 0.484 e. The monoisotopic (exact) mass is 323 g/mol. The number of carbonyl (C=O) groups is 2. The number of alkyl halides is 4. The minimum atomic E-state index is -4.48. The van der Waals surface area contributed by atoms with Crippen molar-refractivity contribution in [3.8, 4) is 5.75 Å². The Kier molecular flexibility index (Phi) is 6.14. The Bertz CT molecular complexity index is 533. The van der Waals surface area contributed by atoms with E-state index in [1.807, 2.05) is 5.32 Å². The third kappa shape index (κ3) is 6.42. The summed E-state index contributed by atoms with van der Waals surface area (Å²) in [5, 5.41) is 10.6. The molecule has 0 bridgehead atoms. The summed E-state index contributed by atoms with van der Waals surface area (Å²) in [6.45, 7) is -2.73. The number of carbonyl (C=O) groups excluding carboxylic acids is 1. The normalized spacial score (nSPS) is 12.5. The van der Waals surface area contributed by atoms with Gasteiger partial charge in [-0.2, -0.15) is 13.2 Å². The van der Waals surface area contributed by atoms with Gasteiger partial charge < -0.3 is 15.2 Å². The summed E-state index contributed by atoms with van der Waals surface area (Å²) in [6.07, 6.45) is -4.80. The van der Waals surface area contributed by atoms with Crippen LogP contribution in [0, 0.1) is 0 Å². The third-order valence-electron chi connectivity index (χ3n) is 2.45. The van der Waals surface area contributed by atoms with Gasteiger partial charge in [-0.25, -0.2) is 9.18 Å². The number of aliphatic carboxylic acids is 1. The van der Waals surface area contributed by atoms with Gasteiger partial charge in [0.15, 0.2) is 12.6 Å². The van der Waals surface area contributed by atoms with Gasteiger partial charge in [-0.05, 0) is 17.7 Å². The highest BCUT2D eigenvalue weighted by Gasteiger charge is 2.28. The van der Waals surface area contributed by atoms with E-state index in [1.54, 1.807) is 0 Å². The lowest BCUT2D eigenvalue weighted by atomic mass is 10.1. The van der Waals surface area contributed by atoms with Crippen LogP contribution in [-0.2, 0) is 16.0 Å². The zero-order valence-corrected chi connectivity index (χ0v) is 11.2. The molecule has 0 aromatic heterocycles. The first-order chi connectivity index (χ1) is 10.2. The van der Waals surface area contributed by atoms with E-state index in [-0.39, 0.29) is 12.2 Å². The van der Waals surface area contributed by atoms with E-state index in [1.165, 1.54) is 24.3 Å². The second-order valence-electron chi connectivity index (χ2n) is 4.34. The van der Waals surface area contributed by atoms with Crippen LogP contribution in [0.15, 0.2) is 24.3 Å². The summed E-state index contributed by atoms with van der Waals surface area (Å²) in [4.78, 5) is 22.1. The molecule has 0 spiro atoms. The molecule has 1 unspecified atom stereocenters. The van der Waals surface area contributed by atoms with Crippen molar-refractivity contribution in [2.45, 2.75) is 18.6 Å². The molecule has 0 aliphatic heterocycles. The molecule has 9 heteroatoms. The Morgan fingerprint density at radius 1 is 1.32 bits per heavy atom. The Balaban J connectivity index is 2.62. The maximum Gasteiger partial charge on any atom is 0.422 e. The predicted octanol–water partition coefficient (Wildman–Crippen LogP) is 1.71. The number of rotatable bonds is 7. The summed E-state index contributed by atoms with van der Waals surface area (Å²) in [5.41, 5.74) is 0.306. The van der Waals surface area contributed by atoms with Crippen molar-refractivity contribution in [3.63, 3.8) is 0 Å². The van der Waals surface area contributed by atoms with E-state index < -0.39 is 37.4 Å². The molecule has 1 atom stereocenters. The molecule has 1 aromatic carbocycles. The second-order valence-corrected chi connectivity index (χ2v) is 4.34. The predicted molar refractivity (Wildman–Crippen MR) is 67.2 cm³/mol.